The fourth-order valence-electron chi connectivity index (χ4n) is 2.54. The van der Waals surface area contributed by atoms with Crippen LogP contribution in [0, 0.1) is 0 Å². The van der Waals surface area contributed by atoms with Gasteiger partial charge < -0.3 is 14.8 Å². The Balaban J connectivity index is 1.84. The molecular weight excluding hydrogens is 356 g/mol. The van der Waals surface area contributed by atoms with Crippen molar-refractivity contribution in [2.24, 2.45) is 0 Å². The average molecular weight is 376 g/mol. The smallest absolute Gasteiger partial charge is 0.328 e. The number of methoxy groups -OCH3 is 1. The van der Waals surface area contributed by atoms with Gasteiger partial charge in [0.15, 0.2) is 6.61 Å². The van der Waals surface area contributed by atoms with Crippen molar-refractivity contribution in [1.29, 1.82) is 0 Å². The third-order valence-electron chi connectivity index (χ3n) is 3.91. The lowest BCUT2D eigenvalue weighted by atomic mass is 10.1. The summed E-state index contributed by atoms with van der Waals surface area (Å²) in [5.74, 6) is -3.11. The van der Waals surface area contributed by atoms with E-state index in [9.17, 15) is 24.0 Å². The van der Waals surface area contributed by atoms with Crippen LogP contribution in [0.25, 0.3) is 0 Å². The molecule has 0 spiro atoms. The fourth-order valence-corrected chi connectivity index (χ4v) is 2.54. The van der Waals surface area contributed by atoms with E-state index < -0.39 is 48.9 Å². The molecule has 1 aliphatic heterocycles. The second-order valence-electron chi connectivity index (χ2n) is 5.87. The van der Waals surface area contributed by atoms with E-state index in [4.69, 9.17) is 4.74 Å². The van der Waals surface area contributed by atoms with E-state index >= 15 is 0 Å². The zero-order valence-corrected chi connectivity index (χ0v) is 14.8. The van der Waals surface area contributed by atoms with Crippen molar-refractivity contribution >= 4 is 29.7 Å². The molecule has 27 heavy (non-hydrogen) atoms. The lowest BCUT2D eigenvalue weighted by molar-refractivity contribution is -0.155. The van der Waals surface area contributed by atoms with Crippen molar-refractivity contribution in [1.82, 2.24) is 10.2 Å². The zero-order chi connectivity index (χ0) is 19.8. The minimum absolute atomic E-state index is 0.0624. The second-order valence-corrected chi connectivity index (χ2v) is 5.87. The summed E-state index contributed by atoms with van der Waals surface area (Å²) in [5.41, 5.74) is 0.816. The Morgan fingerprint density at radius 2 is 1.74 bits per heavy atom. The highest BCUT2D eigenvalue weighted by molar-refractivity contribution is 6.04. The Bertz CT molecular complexity index is 716. The Morgan fingerprint density at radius 3 is 2.33 bits per heavy atom. The molecule has 0 bridgehead atoms. The molecule has 9 heteroatoms. The van der Waals surface area contributed by atoms with Crippen LogP contribution in [0.4, 0.5) is 0 Å². The largest absolute Gasteiger partial charge is 0.467 e. The summed E-state index contributed by atoms with van der Waals surface area (Å²) in [6.45, 7) is -1.17. The molecule has 1 atom stereocenters. The summed E-state index contributed by atoms with van der Waals surface area (Å²) in [6.07, 6.45) is 0.337. The van der Waals surface area contributed by atoms with Crippen LogP contribution < -0.4 is 5.32 Å². The number of imide groups is 1. The van der Waals surface area contributed by atoms with E-state index in [-0.39, 0.29) is 19.3 Å². The molecule has 0 aromatic heterocycles. The molecule has 1 N–H and O–H groups in total. The van der Waals surface area contributed by atoms with Gasteiger partial charge in [-0.2, -0.15) is 0 Å². The number of amides is 3. The number of nitrogens with one attached hydrogen (secondary N) is 1. The fraction of sp³-hybridized carbons (Fsp3) is 0.389. The lowest BCUT2D eigenvalue weighted by Crippen LogP contribution is -2.45. The van der Waals surface area contributed by atoms with E-state index in [2.05, 4.69) is 10.1 Å². The second kappa shape index (κ2) is 9.46. The Labute approximate surface area is 155 Å². The van der Waals surface area contributed by atoms with Crippen LogP contribution in [0.2, 0.25) is 0 Å². The highest BCUT2D eigenvalue weighted by Crippen LogP contribution is 2.11. The first-order valence-electron chi connectivity index (χ1n) is 8.30. The van der Waals surface area contributed by atoms with Crippen molar-refractivity contribution in [3.8, 4) is 0 Å². The van der Waals surface area contributed by atoms with Gasteiger partial charge >= 0.3 is 11.9 Å². The predicted octanol–water partition coefficient (Wildman–Crippen LogP) is -0.421. The Morgan fingerprint density at radius 1 is 1.11 bits per heavy atom. The molecule has 1 aromatic rings. The molecule has 0 aliphatic carbocycles. The van der Waals surface area contributed by atoms with Gasteiger partial charge in [0, 0.05) is 19.3 Å². The molecule has 1 saturated heterocycles. The Kier molecular flexibility index (Phi) is 7.04. The standard InChI is InChI=1S/C18H20N2O7/c1-26-18(25)13(9-12-5-3-2-4-6-12)19-14(21)11-27-17(24)10-20-15(22)7-8-16(20)23/h2-6,13H,7-11H2,1H3,(H,19,21). The van der Waals surface area contributed by atoms with Crippen LogP contribution in [0.3, 0.4) is 0 Å². The van der Waals surface area contributed by atoms with Crippen LogP contribution in [-0.4, -0.2) is 60.9 Å². The first-order valence-corrected chi connectivity index (χ1v) is 8.30. The molecule has 144 valence electrons. The van der Waals surface area contributed by atoms with Crippen LogP contribution in [0.15, 0.2) is 30.3 Å². The van der Waals surface area contributed by atoms with Crippen LogP contribution in [0.5, 0.6) is 0 Å². The third-order valence-corrected chi connectivity index (χ3v) is 3.91. The third kappa shape index (κ3) is 5.91. The van der Waals surface area contributed by atoms with Crippen molar-refractivity contribution in [3.05, 3.63) is 35.9 Å². The minimum atomic E-state index is -0.940. The quantitative estimate of drug-likeness (QED) is 0.483. The molecule has 0 radical (unpaired) electrons. The van der Waals surface area contributed by atoms with Gasteiger partial charge in [0.05, 0.1) is 7.11 Å². The summed E-state index contributed by atoms with van der Waals surface area (Å²) < 4.78 is 9.46. The molecule has 0 saturated carbocycles. The van der Waals surface area contributed by atoms with Crippen molar-refractivity contribution in [2.75, 3.05) is 20.3 Å². The average Bonchev–Trinajstić information content (AvgIpc) is 2.98. The molecule has 1 unspecified atom stereocenters. The summed E-state index contributed by atoms with van der Waals surface area (Å²) in [6, 6.07) is 8.08. The van der Waals surface area contributed by atoms with Crippen molar-refractivity contribution in [3.63, 3.8) is 0 Å². The number of hydrogen-bond donors (Lipinski definition) is 1. The topological polar surface area (TPSA) is 119 Å². The van der Waals surface area contributed by atoms with Crippen LogP contribution >= 0.6 is 0 Å². The summed E-state index contributed by atoms with van der Waals surface area (Å²) in [5, 5.41) is 2.44. The number of benzene rings is 1. The molecule has 1 aromatic carbocycles. The van der Waals surface area contributed by atoms with Gasteiger partial charge in [-0.1, -0.05) is 30.3 Å². The zero-order valence-electron chi connectivity index (χ0n) is 14.8. The maximum atomic E-state index is 12.0. The van der Waals surface area contributed by atoms with Gasteiger partial charge in [0.2, 0.25) is 11.8 Å². The number of hydrogen-bond acceptors (Lipinski definition) is 7. The summed E-state index contributed by atoms with van der Waals surface area (Å²) in [4.78, 5) is 59.3. The number of carbonyl (C=O) groups excluding carboxylic acids is 5. The number of carbonyl (C=O) groups is 5. The summed E-state index contributed by atoms with van der Waals surface area (Å²) in [7, 11) is 1.20. The van der Waals surface area contributed by atoms with Gasteiger partial charge in [-0.15, -0.1) is 0 Å². The maximum Gasteiger partial charge on any atom is 0.328 e. The molecule has 9 nitrogen and oxygen atoms in total. The van der Waals surface area contributed by atoms with E-state index in [1.165, 1.54) is 7.11 Å². The van der Waals surface area contributed by atoms with Gasteiger partial charge in [-0.05, 0) is 5.56 Å². The molecule has 1 aliphatic rings. The minimum Gasteiger partial charge on any atom is -0.467 e. The maximum absolute atomic E-state index is 12.0. The first kappa shape index (κ1) is 20.1. The van der Waals surface area contributed by atoms with Crippen molar-refractivity contribution < 1.29 is 33.4 Å². The van der Waals surface area contributed by atoms with Crippen molar-refractivity contribution in [2.45, 2.75) is 25.3 Å². The number of ether oxygens (including phenoxy) is 2. The highest BCUT2D eigenvalue weighted by atomic mass is 16.5. The van der Waals surface area contributed by atoms with E-state index in [0.29, 0.717) is 0 Å². The molecule has 1 heterocycles. The van der Waals surface area contributed by atoms with Gasteiger partial charge in [0.25, 0.3) is 5.91 Å². The SMILES string of the molecule is COC(=O)C(Cc1ccccc1)NC(=O)COC(=O)CN1C(=O)CCC1=O. The normalized spacial score (nSPS) is 14.6. The first-order chi connectivity index (χ1) is 12.9. The van der Waals surface area contributed by atoms with Gasteiger partial charge in [0.1, 0.15) is 12.6 Å². The molecular formula is C18H20N2O7. The monoisotopic (exact) mass is 376 g/mol. The summed E-state index contributed by atoms with van der Waals surface area (Å²) >= 11 is 0. The number of nitrogens with zero attached hydrogens (tertiary/aromatic N) is 1. The van der Waals surface area contributed by atoms with E-state index in [0.717, 1.165) is 10.5 Å². The number of esters is 2. The molecule has 2 rings (SSSR count). The molecule has 1 fully saturated rings. The highest BCUT2D eigenvalue weighted by Gasteiger charge is 2.31. The van der Waals surface area contributed by atoms with Crippen LogP contribution in [0.1, 0.15) is 18.4 Å². The van der Waals surface area contributed by atoms with Gasteiger partial charge in [-0.25, -0.2) is 4.79 Å². The Hall–Kier alpha value is -3.23. The van der Waals surface area contributed by atoms with E-state index in [1.807, 2.05) is 6.07 Å². The predicted molar refractivity (Wildman–Crippen MR) is 91.0 cm³/mol. The molecule has 3 amide bonds. The van der Waals surface area contributed by atoms with Crippen LogP contribution in [-0.2, 0) is 39.9 Å². The van der Waals surface area contributed by atoms with Gasteiger partial charge in [-0.3, -0.25) is 24.1 Å². The lowest BCUT2D eigenvalue weighted by Gasteiger charge is -2.17. The van der Waals surface area contributed by atoms with E-state index in [1.54, 1.807) is 24.3 Å². The number of likely N-dealkylation sites (tertiary alicyclic amines) is 1. The number of rotatable bonds is 8.